The Balaban J connectivity index is 2.00. The van der Waals surface area contributed by atoms with Crippen LogP contribution in [-0.2, 0) is 9.53 Å². The van der Waals surface area contributed by atoms with Crippen LogP contribution in [0.4, 0.5) is 5.95 Å². The monoisotopic (exact) mass is 342 g/mol. The highest BCUT2D eigenvalue weighted by Crippen LogP contribution is 2.37. The molecule has 1 aliphatic heterocycles. The van der Waals surface area contributed by atoms with Crippen molar-refractivity contribution < 1.29 is 14.3 Å². The minimum Gasteiger partial charge on any atom is -0.497 e. The number of rotatable bonds is 5. The largest absolute Gasteiger partial charge is 0.497 e. The number of amides is 1. The van der Waals surface area contributed by atoms with Gasteiger partial charge in [0.1, 0.15) is 12.4 Å². The Morgan fingerprint density at radius 2 is 2.08 bits per heavy atom. The molecule has 0 bridgehead atoms. The van der Waals surface area contributed by atoms with E-state index in [0.29, 0.717) is 6.54 Å². The Morgan fingerprint density at radius 1 is 1.32 bits per heavy atom. The Kier molecular flexibility index (Phi) is 5.14. The molecule has 1 amide bonds. The van der Waals surface area contributed by atoms with E-state index in [-0.39, 0.29) is 24.5 Å². The summed E-state index contributed by atoms with van der Waals surface area (Å²) in [5, 5.41) is 0. The number of carbonyl (C=O) groups excluding carboxylic acids is 1. The molecule has 1 fully saturated rings. The third kappa shape index (κ3) is 3.56. The summed E-state index contributed by atoms with van der Waals surface area (Å²) < 4.78 is 10.2. The molecule has 2 N–H and O–H groups in total. The minimum atomic E-state index is -0.120. The first-order valence-corrected chi connectivity index (χ1v) is 8.19. The Bertz CT molecular complexity index is 748. The lowest BCUT2D eigenvalue weighted by molar-refractivity contribution is -0.136. The van der Waals surface area contributed by atoms with Gasteiger partial charge < -0.3 is 20.1 Å². The molecule has 1 aliphatic rings. The molecule has 1 aromatic carbocycles. The van der Waals surface area contributed by atoms with Crippen molar-refractivity contribution in [3.63, 3.8) is 0 Å². The summed E-state index contributed by atoms with van der Waals surface area (Å²) in [6.07, 6.45) is 3.48. The summed E-state index contributed by atoms with van der Waals surface area (Å²) >= 11 is 0. The number of hydrogen-bond acceptors (Lipinski definition) is 6. The molecule has 0 unspecified atom stereocenters. The fourth-order valence-electron chi connectivity index (χ4n) is 3.21. The Hall–Kier alpha value is -2.67. The number of nitrogens with two attached hydrogens (primary N) is 1. The van der Waals surface area contributed by atoms with Crippen LogP contribution >= 0.6 is 0 Å². The second kappa shape index (κ2) is 7.48. The molecule has 7 nitrogen and oxygen atoms in total. The molecule has 132 valence electrons. The summed E-state index contributed by atoms with van der Waals surface area (Å²) in [6, 6.07) is 7.56. The number of nitrogens with zero attached hydrogens (tertiary/aromatic N) is 3. The van der Waals surface area contributed by atoms with E-state index in [1.807, 2.05) is 29.2 Å². The maximum Gasteiger partial charge on any atom is 0.249 e. The molecule has 0 saturated carbocycles. The van der Waals surface area contributed by atoms with Crippen molar-refractivity contribution in [1.82, 2.24) is 14.9 Å². The third-order valence-electron chi connectivity index (χ3n) is 4.39. The smallest absolute Gasteiger partial charge is 0.249 e. The fraction of sp³-hybridized carbons (Fsp3) is 0.389. The molecule has 1 aromatic heterocycles. The number of benzene rings is 1. The second-order valence-electron chi connectivity index (χ2n) is 5.93. The summed E-state index contributed by atoms with van der Waals surface area (Å²) in [4.78, 5) is 22.8. The zero-order valence-electron chi connectivity index (χ0n) is 14.4. The summed E-state index contributed by atoms with van der Waals surface area (Å²) in [7, 11) is 3.15. The number of hydrogen-bond donors (Lipinski definition) is 1. The summed E-state index contributed by atoms with van der Waals surface area (Å²) in [5.41, 5.74) is 8.44. The molecule has 1 saturated heterocycles. The van der Waals surface area contributed by atoms with Crippen molar-refractivity contribution in [1.29, 1.82) is 0 Å². The lowest BCUT2D eigenvalue weighted by atomic mass is 9.99. The normalized spacial score (nSPS) is 16.9. The van der Waals surface area contributed by atoms with E-state index in [2.05, 4.69) is 9.97 Å². The van der Waals surface area contributed by atoms with Crippen molar-refractivity contribution >= 4 is 11.9 Å². The van der Waals surface area contributed by atoms with Gasteiger partial charge in [0.25, 0.3) is 0 Å². The molecular formula is C18H22N4O3. The van der Waals surface area contributed by atoms with Crippen molar-refractivity contribution in [2.24, 2.45) is 0 Å². The van der Waals surface area contributed by atoms with Crippen molar-refractivity contribution in [2.75, 3.05) is 33.1 Å². The molecule has 0 radical (unpaired) electrons. The van der Waals surface area contributed by atoms with E-state index < -0.39 is 0 Å². The van der Waals surface area contributed by atoms with Gasteiger partial charge >= 0.3 is 0 Å². The highest BCUT2D eigenvalue weighted by atomic mass is 16.5. The van der Waals surface area contributed by atoms with Crippen LogP contribution in [0.15, 0.2) is 30.5 Å². The summed E-state index contributed by atoms with van der Waals surface area (Å²) in [5.74, 6) is 0.945. The van der Waals surface area contributed by atoms with Crippen LogP contribution < -0.4 is 10.5 Å². The van der Waals surface area contributed by atoms with Crippen LogP contribution in [0.5, 0.6) is 5.75 Å². The first-order valence-electron chi connectivity index (χ1n) is 8.19. The molecule has 2 aromatic rings. The van der Waals surface area contributed by atoms with E-state index in [4.69, 9.17) is 15.2 Å². The van der Waals surface area contributed by atoms with Crippen LogP contribution in [0, 0.1) is 0 Å². The van der Waals surface area contributed by atoms with Gasteiger partial charge in [-0.2, -0.15) is 0 Å². The lowest BCUT2D eigenvalue weighted by Gasteiger charge is -2.25. The molecular weight excluding hydrogens is 320 g/mol. The van der Waals surface area contributed by atoms with Gasteiger partial charge in [0, 0.05) is 25.4 Å². The Morgan fingerprint density at radius 3 is 2.76 bits per heavy atom. The molecule has 1 atom stereocenters. The lowest BCUT2D eigenvalue weighted by Crippen LogP contribution is -2.34. The van der Waals surface area contributed by atoms with Gasteiger partial charge in [0.05, 0.1) is 18.8 Å². The van der Waals surface area contributed by atoms with Crippen molar-refractivity contribution in [2.45, 2.75) is 18.9 Å². The zero-order valence-corrected chi connectivity index (χ0v) is 14.4. The zero-order chi connectivity index (χ0) is 17.8. The quantitative estimate of drug-likeness (QED) is 0.894. The highest BCUT2D eigenvalue weighted by molar-refractivity contribution is 5.79. The average molecular weight is 342 g/mol. The van der Waals surface area contributed by atoms with Gasteiger partial charge in [-0.25, -0.2) is 9.97 Å². The predicted octanol–water partition coefficient (Wildman–Crippen LogP) is 2.04. The van der Waals surface area contributed by atoms with Crippen LogP contribution in [0.3, 0.4) is 0 Å². The minimum absolute atomic E-state index is 0.0390. The molecule has 0 aliphatic carbocycles. The average Bonchev–Trinajstić information content (AvgIpc) is 3.12. The van der Waals surface area contributed by atoms with E-state index in [9.17, 15) is 4.79 Å². The molecule has 2 heterocycles. The number of ether oxygens (including phenoxy) is 2. The van der Waals surface area contributed by atoms with E-state index in [0.717, 1.165) is 35.4 Å². The number of nitrogen functional groups attached to an aromatic ring is 1. The predicted molar refractivity (Wildman–Crippen MR) is 94.0 cm³/mol. The van der Waals surface area contributed by atoms with Crippen LogP contribution in [0.2, 0.25) is 0 Å². The van der Waals surface area contributed by atoms with E-state index in [1.165, 1.54) is 7.11 Å². The number of anilines is 1. The Labute approximate surface area is 146 Å². The van der Waals surface area contributed by atoms with Gasteiger partial charge in [0.2, 0.25) is 11.9 Å². The second-order valence-corrected chi connectivity index (χ2v) is 5.93. The van der Waals surface area contributed by atoms with Gasteiger partial charge in [-0.05, 0) is 30.5 Å². The maximum atomic E-state index is 12.4. The van der Waals surface area contributed by atoms with Crippen LogP contribution in [-0.4, -0.2) is 48.1 Å². The van der Waals surface area contributed by atoms with Gasteiger partial charge in [-0.3, -0.25) is 4.79 Å². The molecule has 7 heteroatoms. The number of aromatic nitrogens is 2. The van der Waals surface area contributed by atoms with Crippen molar-refractivity contribution in [3.05, 3.63) is 36.2 Å². The molecule has 0 spiro atoms. The first kappa shape index (κ1) is 17.2. The number of carbonyl (C=O) groups is 1. The molecule has 25 heavy (non-hydrogen) atoms. The van der Waals surface area contributed by atoms with E-state index >= 15 is 0 Å². The van der Waals surface area contributed by atoms with Crippen molar-refractivity contribution in [3.8, 4) is 16.9 Å². The summed E-state index contributed by atoms with van der Waals surface area (Å²) in [6.45, 7) is 0.758. The van der Waals surface area contributed by atoms with E-state index in [1.54, 1.807) is 13.3 Å². The topological polar surface area (TPSA) is 90.6 Å². The van der Waals surface area contributed by atoms with Crippen LogP contribution in [0.25, 0.3) is 11.1 Å². The fourth-order valence-corrected chi connectivity index (χ4v) is 3.21. The molecule has 3 rings (SSSR count). The first-order chi connectivity index (χ1) is 12.1. The SMILES string of the molecule is COCC(=O)N1CCC[C@H]1c1nc(N)ncc1-c1ccc(OC)cc1. The maximum absolute atomic E-state index is 12.4. The van der Waals surface area contributed by atoms with Gasteiger partial charge in [-0.1, -0.05) is 12.1 Å². The third-order valence-corrected chi connectivity index (χ3v) is 4.39. The standard InChI is InChI=1S/C18H22N4O3/c1-24-11-16(23)22-9-3-4-15(22)17-14(10-20-18(19)21-17)12-5-7-13(25-2)8-6-12/h5-8,10,15H,3-4,9,11H2,1-2H3,(H2,19,20,21)/t15-/m0/s1. The number of methoxy groups -OCH3 is 2. The highest BCUT2D eigenvalue weighted by Gasteiger charge is 2.32. The van der Waals surface area contributed by atoms with Gasteiger partial charge in [-0.15, -0.1) is 0 Å². The number of likely N-dealkylation sites (tertiary alicyclic amines) is 1. The van der Waals surface area contributed by atoms with Crippen LogP contribution in [0.1, 0.15) is 24.6 Å². The van der Waals surface area contributed by atoms with Gasteiger partial charge in [0.15, 0.2) is 0 Å².